The Morgan fingerprint density at radius 3 is 2.48 bits per heavy atom. The number of nitrogens with one attached hydrogen (secondary N) is 2. The summed E-state index contributed by atoms with van der Waals surface area (Å²) in [5.41, 5.74) is 2.32. The van der Waals surface area contributed by atoms with Crippen molar-refractivity contribution in [3.8, 4) is 0 Å². The zero-order valence-electron chi connectivity index (χ0n) is 16.3. The first-order chi connectivity index (χ1) is 14.0. The Labute approximate surface area is 171 Å². The number of sulfonamides is 1. The predicted octanol–water partition coefficient (Wildman–Crippen LogP) is 2.42. The van der Waals surface area contributed by atoms with Gasteiger partial charge in [0.1, 0.15) is 4.90 Å². The van der Waals surface area contributed by atoms with E-state index in [0.717, 1.165) is 18.4 Å². The van der Waals surface area contributed by atoms with Gasteiger partial charge in [0.15, 0.2) is 0 Å². The average Bonchev–Trinajstić information content (AvgIpc) is 2.74. The Morgan fingerprint density at radius 2 is 1.79 bits per heavy atom. The number of likely N-dealkylation sites (tertiary alicyclic amines) is 1. The molecule has 1 atom stereocenters. The second-order valence-electron chi connectivity index (χ2n) is 7.50. The van der Waals surface area contributed by atoms with Gasteiger partial charge in [-0.3, -0.25) is 4.79 Å². The molecule has 2 aliphatic rings. The lowest BCUT2D eigenvalue weighted by Gasteiger charge is -2.38. The van der Waals surface area contributed by atoms with E-state index in [1.165, 1.54) is 0 Å². The van der Waals surface area contributed by atoms with Gasteiger partial charge in [-0.1, -0.05) is 24.3 Å². The summed E-state index contributed by atoms with van der Waals surface area (Å²) in [7, 11) is -1.88. The van der Waals surface area contributed by atoms with Crippen molar-refractivity contribution in [2.75, 3.05) is 25.5 Å². The van der Waals surface area contributed by atoms with Crippen LogP contribution < -0.4 is 10.0 Å². The minimum atomic E-state index is -3.53. The molecule has 1 saturated heterocycles. The fourth-order valence-electron chi connectivity index (χ4n) is 3.99. The molecule has 2 aliphatic heterocycles. The lowest BCUT2D eigenvalue weighted by molar-refractivity contribution is 0.0679. The summed E-state index contributed by atoms with van der Waals surface area (Å²) in [5.74, 6) is 0.126. The second kappa shape index (κ2) is 8.14. The molecule has 1 unspecified atom stereocenters. The molecule has 0 aromatic heterocycles. The molecule has 29 heavy (non-hydrogen) atoms. The molecule has 7 nitrogen and oxygen atoms in total. The molecular formula is C21H25N3O4S. The highest BCUT2D eigenvalue weighted by Crippen LogP contribution is 2.31. The maximum absolute atomic E-state index is 12.8. The van der Waals surface area contributed by atoms with Crippen LogP contribution in [0.5, 0.6) is 0 Å². The first-order valence-electron chi connectivity index (χ1n) is 9.73. The number of carbonyl (C=O) groups excluding carboxylic acids is 1. The summed E-state index contributed by atoms with van der Waals surface area (Å²) in [6, 6.07) is 14.4. The van der Waals surface area contributed by atoms with Crippen molar-refractivity contribution in [2.24, 2.45) is 5.92 Å². The molecule has 1 amide bonds. The highest BCUT2D eigenvalue weighted by molar-refractivity contribution is 7.89. The van der Waals surface area contributed by atoms with Crippen LogP contribution in [0, 0.1) is 5.92 Å². The summed E-state index contributed by atoms with van der Waals surface area (Å²) in [6.07, 6.45) is 1.10. The third-order valence-corrected chi connectivity index (χ3v) is 7.08. The molecule has 0 aliphatic carbocycles. The van der Waals surface area contributed by atoms with Crippen molar-refractivity contribution >= 4 is 21.6 Å². The molecule has 4 rings (SSSR count). The summed E-state index contributed by atoms with van der Waals surface area (Å²) in [4.78, 5) is 14.9. The maximum atomic E-state index is 12.8. The van der Waals surface area contributed by atoms with Crippen LogP contribution in [0.3, 0.4) is 0 Å². The van der Waals surface area contributed by atoms with Crippen LogP contribution in [0.25, 0.3) is 0 Å². The van der Waals surface area contributed by atoms with Crippen molar-refractivity contribution in [3.63, 3.8) is 0 Å². The van der Waals surface area contributed by atoms with E-state index in [9.17, 15) is 13.2 Å². The Kier molecular flexibility index (Phi) is 5.58. The molecule has 8 heteroatoms. The third-order valence-electron chi connectivity index (χ3n) is 5.58. The minimum absolute atomic E-state index is 0.00921. The van der Waals surface area contributed by atoms with Crippen LogP contribution in [-0.2, 0) is 21.4 Å². The summed E-state index contributed by atoms with van der Waals surface area (Å²) in [5, 5.41) is 3.31. The summed E-state index contributed by atoms with van der Waals surface area (Å²) >= 11 is 0. The zero-order chi connectivity index (χ0) is 20.4. The highest BCUT2D eigenvalue weighted by atomic mass is 32.2. The minimum Gasteiger partial charge on any atom is -0.380 e. The normalized spacial score (nSPS) is 21.3. The monoisotopic (exact) mass is 415 g/mol. The van der Waals surface area contributed by atoms with Crippen LogP contribution in [0.4, 0.5) is 5.69 Å². The molecule has 0 spiro atoms. The number of hydrogen-bond acceptors (Lipinski definition) is 5. The van der Waals surface area contributed by atoms with Gasteiger partial charge in [-0.2, -0.15) is 4.72 Å². The van der Waals surface area contributed by atoms with Crippen molar-refractivity contribution < 1.29 is 17.9 Å². The topological polar surface area (TPSA) is 87.7 Å². The molecule has 0 saturated carbocycles. The van der Waals surface area contributed by atoms with Gasteiger partial charge in [0.05, 0.1) is 18.5 Å². The SMILES string of the molecule is COCc1ccc(C(=O)N2CCC(C3Nc4ccccc4S(=O)(=O)N3)CC2)cc1. The van der Waals surface area contributed by atoms with E-state index >= 15 is 0 Å². The van der Waals surface area contributed by atoms with Gasteiger partial charge in [0.25, 0.3) is 5.91 Å². The van der Waals surface area contributed by atoms with E-state index < -0.39 is 10.0 Å². The van der Waals surface area contributed by atoms with E-state index in [1.54, 1.807) is 25.3 Å². The first kappa shape index (κ1) is 19.9. The summed E-state index contributed by atoms with van der Waals surface area (Å²) in [6.45, 7) is 1.73. The van der Waals surface area contributed by atoms with Crippen LogP contribution in [-0.4, -0.2) is 45.6 Å². The molecule has 154 valence electrons. The van der Waals surface area contributed by atoms with Crippen molar-refractivity contribution in [2.45, 2.75) is 30.5 Å². The van der Waals surface area contributed by atoms with Gasteiger partial charge in [0, 0.05) is 25.8 Å². The molecule has 2 aromatic carbocycles. The van der Waals surface area contributed by atoms with E-state index in [-0.39, 0.29) is 22.9 Å². The number of methoxy groups -OCH3 is 1. The van der Waals surface area contributed by atoms with Gasteiger partial charge in [-0.25, -0.2) is 8.42 Å². The summed E-state index contributed by atoms with van der Waals surface area (Å²) < 4.78 is 32.9. The fourth-order valence-corrected chi connectivity index (χ4v) is 5.38. The van der Waals surface area contributed by atoms with Crippen LogP contribution in [0.1, 0.15) is 28.8 Å². The number of benzene rings is 2. The van der Waals surface area contributed by atoms with Crippen LogP contribution in [0.2, 0.25) is 0 Å². The molecule has 1 fully saturated rings. The second-order valence-corrected chi connectivity index (χ2v) is 9.18. The molecule has 2 heterocycles. The van der Waals surface area contributed by atoms with Crippen molar-refractivity contribution in [3.05, 3.63) is 59.7 Å². The Hall–Kier alpha value is -2.42. The van der Waals surface area contributed by atoms with Crippen LogP contribution >= 0.6 is 0 Å². The lowest BCUT2D eigenvalue weighted by Crippen LogP contribution is -2.52. The number of nitrogens with zero attached hydrogens (tertiary/aromatic N) is 1. The van der Waals surface area contributed by atoms with Crippen molar-refractivity contribution in [1.29, 1.82) is 0 Å². The standard InChI is InChI=1S/C21H25N3O4S/c1-28-14-15-6-8-17(9-7-15)21(25)24-12-10-16(11-13-24)20-22-18-4-2-3-5-19(18)29(26,27)23-20/h2-9,16,20,22-23H,10-14H2,1H3. The van der Waals surface area contributed by atoms with E-state index in [1.807, 2.05) is 35.2 Å². The number of amides is 1. The number of hydrogen-bond donors (Lipinski definition) is 2. The highest BCUT2D eigenvalue weighted by Gasteiger charge is 2.35. The van der Waals surface area contributed by atoms with Crippen LogP contribution in [0.15, 0.2) is 53.4 Å². The molecular weight excluding hydrogens is 390 g/mol. The van der Waals surface area contributed by atoms with Crippen molar-refractivity contribution in [1.82, 2.24) is 9.62 Å². The van der Waals surface area contributed by atoms with E-state index in [0.29, 0.717) is 30.9 Å². The lowest BCUT2D eigenvalue weighted by atomic mass is 9.93. The molecule has 2 N–H and O–H groups in total. The number of anilines is 1. The number of ether oxygens (including phenoxy) is 1. The Balaban J connectivity index is 1.39. The van der Waals surface area contributed by atoms with E-state index in [2.05, 4.69) is 10.0 Å². The predicted molar refractivity (Wildman–Crippen MR) is 110 cm³/mol. The van der Waals surface area contributed by atoms with Gasteiger partial charge >= 0.3 is 0 Å². The number of rotatable bonds is 4. The average molecular weight is 416 g/mol. The smallest absolute Gasteiger partial charge is 0.253 e. The van der Waals surface area contributed by atoms with Gasteiger partial charge < -0.3 is 15.0 Å². The number of piperidine rings is 1. The molecule has 0 bridgehead atoms. The van der Waals surface area contributed by atoms with Gasteiger partial charge in [-0.15, -0.1) is 0 Å². The maximum Gasteiger partial charge on any atom is 0.253 e. The molecule has 0 radical (unpaired) electrons. The number of fused-ring (bicyclic) bond motifs is 1. The Morgan fingerprint density at radius 1 is 1.10 bits per heavy atom. The first-order valence-corrected chi connectivity index (χ1v) is 11.2. The Bertz CT molecular complexity index is 983. The fraction of sp³-hybridized carbons (Fsp3) is 0.381. The third kappa shape index (κ3) is 4.14. The molecule has 2 aromatic rings. The zero-order valence-corrected chi connectivity index (χ0v) is 17.1. The van der Waals surface area contributed by atoms with E-state index in [4.69, 9.17) is 4.74 Å². The van der Waals surface area contributed by atoms with Gasteiger partial charge in [0.2, 0.25) is 10.0 Å². The number of para-hydroxylation sites is 1. The van der Waals surface area contributed by atoms with Gasteiger partial charge in [-0.05, 0) is 48.6 Å². The number of carbonyl (C=O) groups is 1. The quantitative estimate of drug-likeness (QED) is 0.801. The largest absolute Gasteiger partial charge is 0.380 e.